The molecule has 0 atom stereocenters. The van der Waals surface area contributed by atoms with E-state index in [2.05, 4.69) is 10.3 Å². The first-order chi connectivity index (χ1) is 16.5. The molecule has 4 aromatic rings. The van der Waals surface area contributed by atoms with E-state index in [-0.39, 0.29) is 29.2 Å². The standard InChI is InChI=1S/C23H15ClF3N3O4S/c24-17-5-4-13(7-16(17)23(25,26)27)30-21(31)11-2-1-3-14(6-11)34-9-12-10-35-19-15(22(32)33)8-29-20(28)18(12)19/h1-8,10H,9H2,(H2,28,29)(H,30,31)(H,32,33). The summed E-state index contributed by atoms with van der Waals surface area (Å²) in [6, 6.07) is 9.13. The van der Waals surface area contributed by atoms with Crippen molar-refractivity contribution in [3.05, 3.63) is 81.3 Å². The average Bonchev–Trinajstić information content (AvgIpc) is 3.23. The van der Waals surface area contributed by atoms with Crippen molar-refractivity contribution in [2.75, 3.05) is 11.1 Å². The fourth-order valence-electron chi connectivity index (χ4n) is 3.30. The van der Waals surface area contributed by atoms with Gasteiger partial charge in [-0.15, -0.1) is 11.3 Å². The number of thiophene rings is 1. The van der Waals surface area contributed by atoms with Crippen LogP contribution in [0.3, 0.4) is 0 Å². The van der Waals surface area contributed by atoms with Gasteiger partial charge in [0, 0.05) is 28.4 Å². The van der Waals surface area contributed by atoms with Crippen LogP contribution in [0.25, 0.3) is 10.1 Å². The number of halogens is 4. The number of alkyl halides is 3. The van der Waals surface area contributed by atoms with Crippen molar-refractivity contribution in [2.24, 2.45) is 0 Å². The lowest BCUT2D eigenvalue weighted by molar-refractivity contribution is -0.137. The summed E-state index contributed by atoms with van der Waals surface area (Å²) in [6.45, 7) is 0.0200. The van der Waals surface area contributed by atoms with E-state index >= 15 is 0 Å². The number of carboxylic acids is 1. The van der Waals surface area contributed by atoms with Gasteiger partial charge in [-0.05, 0) is 41.8 Å². The molecule has 0 aliphatic heterocycles. The maximum atomic E-state index is 13.1. The van der Waals surface area contributed by atoms with Crippen LogP contribution in [0.4, 0.5) is 24.7 Å². The Kier molecular flexibility index (Phi) is 6.55. The molecule has 0 bridgehead atoms. The van der Waals surface area contributed by atoms with Crippen molar-refractivity contribution < 1.29 is 32.6 Å². The normalized spacial score (nSPS) is 11.4. The predicted octanol–water partition coefficient (Wildman–Crippen LogP) is 6.08. The van der Waals surface area contributed by atoms with Crippen molar-refractivity contribution >= 4 is 56.4 Å². The quantitative estimate of drug-likeness (QED) is 0.283. The Morgan fingerprint density at radius 1 is 1.20 bits per heavy atom. The number of nitrogens with two attached hydrogens (primary N) is 1. The van der Waals surface area contributed by atoms with Crippen LogP contribution in [0.2, 0.25) is 5.02 Å². The van der Waals surface area contributed by atoms with Crippen LogP contribution in [-0.2, 0) is 12.8 Å². The zero-order valence-corrected chi connectivity index (χ0v) is 19.1. The number of aromatic nitrogens is 1. The summed E-state index contributed by atoms with van der Waals surface area (Å²) in [4.78, 5) is 28.0. The van der Waals surface area contributed by atoms with Crippen molar-refractivity contribution in [1.82, 2.24) is 4.98 Å². The summed E-state index contributed by atoms with van der Waals surface area (Å²) in [5, 5.41) is 13.5. The lowest BCUT2D eigenvalue weighted by Crippen LogP contribution is -2.13. The highest BCUT2D eigenvalue weighted by Gasteiger charge is 2.33. The number of pyridine rings is 1. The van der Waals surface area contributed by atoms with Gasteiger partial charge in [0.1, 0.15) is 18.2 Å². The van der Waals surface area contributed by atoms with Gasteiger partial charge in [0.2, 0.25) is 0 Å². The monoisotopic (exact) mass is 521 g/mol. The third kappa shape index (κ3) is 5.15. The summed E-state index contributed by atoms with van der Waals surface area (Å²) in [7, 11) is 0. The molecule has 1 amide bonds. The molecule has 0 saturated carbocycles. The van der Waals surface area contributed by atoms with Crippen LogP contribution in [0.5, 0.6) is 5.75 Å². The lowest BCUT2D eigenvalue weighted by Gasteiger charge is -2.12. The predicted molar refractivity (Wildman–Crippen MR) is 126 cm³/mol. The fraction of sp³-hybridized carbons (Fsp3) is 0.0870. The first kappa shape index (κ1) is 24.3. The summed E-state index contributed by atoms with van der Waals surface area (Å²) in [5.74, 6) is -1.30. The number of fused-ring (bicyclic) bond motifs is 1. The van der Waals surface area contributed by atoms with Gasteiger partial charge in [0.05, 0.1) is 20.8 Å². The second kappa shape index (κ2) is 9.43. The maximum absolute atomic E-state index is 13.1. The van der Waals surface area contributed by atoms with Crippen molar-refractivity contribution in [3.63, 3.8) is 0 Å². The molecule has 0 spiro atoms. The Bertz CT molecular complexity index is 1460. The Labute approximate surface area is 204 Å². The highest BCUT2D eigenvalue weighted by Crippen LogP contribution is 2.36. The SMILES string of the molecule is Nc1ncc(C(=O)O)c2scc(COc3cccc(C(=O)Nc4ccc(Cl)c(C(F)(F)F)c4)c3)c12. The number of amides is 1. The molecule has 2 aromatic carbocycles. The number of aromatic carboxylic acids is 1. The summed E-state index contributed by atoms with van der Waals surface area (Å²) < 4.78 is 45.5. The zero-order valence-electron chi connectivity index (χ0n) is 17.5. The van der Waals surface area contributed by atoms with Crippen LogP contribution in [-0.4, -0.2) is 22.0 Å². The number of hydrogen-bond acceptors (Lipinski definition) is 6. The minimum atomic E-state index is -4.67. The fourth-order valence-corrected chi connectivity index (χ4v) is 4.59. The number of carbonyl (C=O) groups is 2. The number of nitrogen functional groups attached to an aromatic ring is 1. The van der Waals surface area contributed by atoms with Gasteiger partial charge in [0.15, 0.2) is 0 Å². The highest BCUT2D eigenvalue weighted by molar-refractivity contribution is 7.17. The second-order valence-electron chi connectivity index (χ2n) is 7.29. The number of anilines is 2. The van der Waals surface area contributed by atoms with Gasteiger partial charge in [-0.1, -0.05) is 17.7 Å². The van der Waals surface area contributed by atoms with E-state index in [1.807, 2.05) is 0 Å². The molecule has 0 aliphatic rings. The van der Waals surface area contributed by atoms with E-state index < -0.39 is 28.6 Å². The number of hydrogen-bond donors (Lipinski definition) is 3. The first-order valence-corrected chi connectivity index (χ1v) is 11.1. The third-order valence-electron chi connectivity index (χ3n) is 4.95. The Morgan fingerprint density at radius 2 is 1.97 bits per heavy atom. The molecule has 180 valence electrons. The molecule has 0 aliphatic carbocycles. The number of carbonyl (C=O) groups excluding carboxylic acids is 1. The Balaban J connectivity index is 1.51. The van der Waals surface area contributed by atoms with Gasteiger partial charge in [-0.25, -0.2) is 9.78 Å². The second-order valence-corrected chi connectivity index (χ2v) is 8.58. The largest absolute Gasteiger partial charge is 0.489 e. The molecule has 4 N–H and O–H groups in total. The number of nitrogens with one attached hydrogen (secondary N) is 1. The van der Waals surface area contributed by atoms with Crippen molar-refractivity contribution in [2.45, 2.75) is 12.8 Å². The topological polar surface area (TPSA) is 115 Å². The van der Waals surface area contributed by atoms with E-state index in [9.17, 15) is 27.9 Å². The molecule has 0 saturated heterocycles. The highest BCUT2D eigenvalue weighted by atomic mass is 35.5. The number of rotatable bonds is 6. The molecule has 4 rings (SSSR count). The van der Waals surface area contributed by atoms with Gasteiger partial charge < -0.3 is 20.9 Å². The zero-order chi connectivity index (χ0) is 25.3. The molecule has 7 nitrogen and oxygen atoms in total. The number of ether oxygens (including phenoxy) is 1. The molecule has 35 heavy (non-hydrogen) atoms. The Hall–Kier alpha value is -3.83. The first-order valence-electron chi connectivity index (χ1n) is 9.83. The summed E-state index contributed by atoms with van der Waals surface area (Å²) >= 11 is 6.81. The maximum Gasteiger partial charge on any atom is 0.417 e. The molecule has 0 fully saturated rings. The smallest absolute Gasteiger partial charge is 0.417 e. The minimum absolute atomic E-state index is 0.0200. The third-order valence-corrected chi connectivity index (χ3v) is 6.34. The van der Waals surface area contributed by atoms with Crippen molar-refractivity contribution in [1.29, 1.82) is 0 Å². The van der Waals surface area contributed by atoms with E-state index in [0.717, 1.165) is 12.1 Å². The molecular formula is C23H15ClF3N3O4S. The minimum Gasteiger partial charge on any atom is -0.489 e. The summed E-state index contributed by atoms with van der Waals surface area (Å²) in [6.07, 6.45) is -3.47. The van der Waals surface area contributed by atoms with E-state index in [4.69, 9.17) is 22.1 Å². The molecular weight excluding hydrogens is 507 g/mol. The van der Waals surface area contributed by atoms with Crippen LogP contribution >= 0.6 is 22.9 Å². The molecule has 2 aromatic heterocycles. The van der Waals surface area contributed by atoms with Gasteiger partial charge >= 0.3 is 12.1 Å². The molecule has 0 unspecified atom stereocenters. The van der Waals surface area contributed by atoms with E-state index in [1.165, 1.54) is 35.7 Å². The van der Waals surface area contributed by atoms with Crippen LogP contribution < -0.4 is 15.8 Å². The number of benzene rings is 2. The van der Waals surface area contributed by atoms with Crippen LogP contribution in [0, 0.1) is 0 Å². The molecule has 12 heteroatoms. The number of carboxylic acid groups (broad SMARTS) is 1. The molecule has 2 heterocycles. The lowest BCUT2D eigenvalue weighted by atomic mass is 10.1. The van der Waals surface area contributed by atoms with Crippen LogP contribution in [0.1, 0.15) is 31.8 Å². The van der Waals surface area contributed by atoms with Gasteiger partial charge in [-0.3, -0.25) is 4.79 Å². The van der Waals surface area contributed by atoms with E-state index in [0.29, 0.717) is 21.4 Å². The molecule has 0 radical (unpaired) electrons. The van der Waals surface area contributed by atoms with Crippen LogP contribution in [0.15, 0.2) is 54.0 Å². The number of nitrogens with zero attached hydrogens (tertiary/aromatic N) is 1. The summed E-state index contributed by atoms with van der Waals surface area (Å²) in [5.41, 5.74) is 5.61. The van der Waals surface area contributed by atoms with Gasteiger partial charge in [0.25, 0.3) is 5.91 Å². The average molecular weight is 522 g/mol. The Morgan fingerprint density at radius 3 is 2.69 bits per heavy atom. The van der Waals surface area contributed by atoms with E-state index in [1.54, 1.807) is 17.5 Å². The van der Waals surface area contributed by atoms with Gasteiger partial charge in [-0.2, -0.15) is 13.2 Å². The van der Waals surface area contributed by atoms with Crippen molar-refractivity contribution in [3.8, 4) is 5.75 Å².